The van der Waals surface area contributed by atoms with Crippen molar-refractivity contribution in [2.75, 3.05) is 5.32 Å². The van der Waals surface area contributed by atoms with Gasteiger partial charge >= 0.3 is 0 Å². The molecule has 0 aliphatic heterocycles. The van der Waals surface area contributed by atoms with Gasteiger partial charge in [-0.2, -0.15) is 0 Å². The fraction of sp³-hybridized carbons (Fsp3) is 0.211. The van der Waals surface area contributed by atoms with Gasteiger partial charge in [0.25, 0.3) is 5.22 Å². The number of aryl methyl sites for hydroxylation is 2. The maximum absolute atomic E-state index is 12.4. The van der Waals surface area contributed by atoms with Crippen molar-refractivity contribution < 1.29 is 9.21 Å². The lowest BCUT2D eigenvalue weighted by atomic mass is 10.1. The summed E-state index contributed by atoms with van der Waals surface area (Å²) in [6, 6.07) is 13.2. The van der Waals surface area contributed by atoms with Crippen LogP contribution < -0.4 is 5.32 Å². The molecule has 0 radical (unpaired) electrons. The Hall–Kier alpha value is -2.31. The molecule has 1 N–H and O–H groups in total. The van der Waals surface area contributed by atoms with Gasteiger partial charge in [0.05, 0.1) is 5.25 Å². The first-order valence-corrected chi connectivity index (χ1v) is 9.32. The predicted octanol–water partition coefficient (Wildman–Crippen LogP) is 5.13. The third-order valence-electron chi connectivity index (χ3n) is 3.81. The molecule has 1 heterocycles. The maximum atomic E-state index is 12.4. The Morgan fingerprint density at radius 3 is 2.62 bits per heavy atom. The number of aromatic nitrogens is 2. The molecule has 0 fully saturated rings. The number of carbonyl (C=O) groups is 1. The number of halogens is 1. The summed E-state index contributed by atoms with van der Waals surface area (Å²) in [6.07, 6.45) is 0. The van der Waals surface area contributed by atoms with E-state index < -0.39 is 5.25 Å². The van der Waals surface area contributed by atoms with Crippen LogP contribution in [0.15, 0.2) is 52.1 Å². The molecule has 134 valence electrons. The van der Waals surface area contributed by atoms with Gasteiger partial charge < -0.3 is 9.73 Å². The van der Waals surface area contributed by atoms with Crippen molar-refractivity contribution in [3.05, 3.63) is 58.6 Å². The second kappa shape index (κ2) is 7.93. The van der Waals surface area contributed by atoms with Crippen molar-refractivity contribution >= 4 is 35.0 Å². The highest BCUT2D eigenvalue weighted by molar-refractivity contribution is 8.00. The Balaban J connectivity index is 1.66. The molecule has 1 amide bonds. The van der Waals surface area contributed by atoms with Gasteiger partial charge in [-0.15, -0.1) is 10.2 Å². The number of hydrogen-bond donors (Lipinski definition) is 1. The van der Waals surface area contributed by atoms with Gasteiger partial charge in [-0.1, -0.05) is 47.1 Å². The fourth-order valence-corrected chi connectivity index (χ4v) is 3.09. The van der Waals surface area contributed by atoms with Crippen molar-refractivity contribution in [3.8, 4) is 11.5 Å². The van der Waals surface area contributed by atoms with Gasteiger partial charge in [0.2, 0.25) is 11.8 Å². The number of benzene rings is 2. The summed E-state index contributed by atoms with van der Waals surface area (Å²) in [6.45, 7) is 5.71. The highest BCUT2D eigenvalue weighted by Gasteiger charge is 2.19. The highest BCUT2D eigenvalue weighted by atomic mass is 35.5. The monoisotopic (exact) mass is 387 g/mol. The van der Waals surface area contributed by atoms with E-state index in [0.717, 1.165) is 16.7 Å². The molecule has 26 heavy (non-hydrogen) atoms. The Morgan fingerprint density at radius 2 is 1.88 bits per heavy atom. The SMILES string of the molecule is Cc1ccc(-c2nnc(S[C@@H](C)C(=O)Nc3cc(Cl)ccc3C)o2)cc1. The van der Waals surface area contributed by atoms with Crippen LogP contribution in [0.5, 0.6) is 0 Å². The van der Waals surface area contributed by atoms with Crippen LogP contribution in [0.2, 0.25) is 5.02 Å². The summed E-state index contributed by atoms with van der Waals surface area (Å²) < 4.78 is 5.66. The lowest BCUT2D eigenvalue weighted by Gasteiger charge is -2.12. The van der Waals surface area contributed by atoms with E-state index >= 15 is 0 Å². The quantitative estimate of drug-likeness (QED) is 0.615. The Bertz CT molecular complexity index is 925. The van der Waals surface area contributed by atoms with Crippen LogP contribution in [0.4, 0.5) is 5.69 Å². The zero-order valence-electron chi connectivity index (χ0n) is 14.6. The molecule has 1 aromatic heterocycles. The second-order valence-electron chi connectivity index (χ2n) is 5.95. The lowest BCUT2D eigenvalue weighted by molar-refractivity contribution is -0.115. The number of rotatable bonds is 5. The Labute approximate surface area is 161 Å². The summed E-state index contributed by atoms with van der Waals surface area (Å²) in [5.74, 6) is 0.279. The number of hydrogen-bond acceptors (Lipinski definition) is 5. The molecular weight excluding hydrogens is 370 g/mol. The first-order valence-electron chi connectivity index (χ1n) is 8.06. The van der Waals surface area contributed by atoms with Crippen LogP contribution in [-0.4, -0.2) is 21.4 Å². The summed E-state index contributed by atoms with van der Waals surface area (Å²) >= 11 is 7.20. The normalized spacial score (nSPS) is 12.0. The Morgan fingerprint density at radius 1 is 1.15 bits per heavy atom. The molecule has 0 saturated carbocycles. The summed E-state index contributed by atoms with van der Waals surface area (Å²) in [5, 5.41) is 11.5. The zero-order valence-corrected chi connectivity index (χ0v) is 16.2. The maximum Gasteiger partial charge on any atom is 0.277 e. The third-order valence-corrected chi connectivity index (χ3v) is 4.98. The topological polar surface area (TPSA) is 68.0 Å². The van der Waals surface area contributed by atoms with Crippen LogP contribution >= 0.6 is 23.4 Å². The molecule has 0 bridgehead atoms. The van der Waals surface area contributed by atoms with Crippen LogP contribution in [0.3, 0.4) is 0 Å². The van der Waals surface area contributed by atoms with Crippen molar-refractivity contribution in [1.29, 1.82) is 0 Å². The minimum Gasteiger partial charge on any atom is -0.411 e. The van der Waals surface area contributed by atoms with Crippen LogP contribution in [-0.2, 0) is 4.79 Å². The van der Waals surface area contributed by atoms with E-state index in [2.05, 4.69) is 15.5 Å². The molecule has 7 heteroatoms. The first-order chi connectivity index (χ1) is 12.4. The number of amides is 1. The second-order valence-corrected chi connectivity index (χ2v) is 7.68. The predicted molar refractivity (Wildman–Crippen MR) is 105 cm³/mol. The van der Waals surface area contributed by atoms with Crippen molar-refractivity contribution in [1.82, 2.24) is 10.2 Å². The van der Waals surface area contributed by atoms with Crippen molar-refractivity contribution in [3.63, 3.8) is 0 Å². The fourth-order valence-electron chi connectivity index (χ4n) is 2.24. The molecule has 1 atom stereocenters. The van der Waals surface area contributed by atoms with E-state index in [4.69, 9.17) is 16.0 Å². The van der Waals surface area contributed by atoms with Gasteiger partial charge in [0, 0.05) is 16.3 Å². The van der Waals surface area contributed by atoms with E-state index in [-0.39, 0.29) is 5.91 Å². The standard InChI is InChI=1S/C19H18ClN3O2S/c1-11-4-7-14(8-5-11)18-22-23-19(25-18)26-13(3)17(24)21-16-10-15(20)9-6-12(16)2/h4-10,13H,1-3H3,(H,21,24)/t13-/m0/s1. The molecule has 5 nitrogen and oxygen atoms in total. The number of anilines is 1. The van der Waals surface area contributed by atoms with E-state index in [1.807, 2.05) is 44.2 Å². The molecule has 3 rings (SSSR count). The van der Waals surface area contributed by atoms with E-state index in [1.165, 1.54) is 11.8 Å². The highest BCUT2D eigenvalue weighted by Crippen LogP contribution is 2.27. The van der Waals surface area contributed by atoms with Gasteiger partial charge in [-0.3, -0.25) is 4.79 Å². The molecule has 0 aliphatic rings. The van der Waals surface area contributed by atoms with Crippen LogP contribution in [0.1, 0.15) is 18.1 Å². The van der Waals surface area contributed by atoms with Gasteiger partial charge in [-0.05, 0) is 50.6 Å². The van der Waals surface area contributed by atoms with Gasteiger partial charge in [0.1, 0.15) is 0 Å². The number of thioether (sulfide) groups is 1. The zero-order chi connectivity index (χ0) is 18.7. The summed E-state index contributed by atoms with van der Waals surface area (Å²) in [4.78, 5) is 12.4. The molecule has 0 saturated heterocycles. The number of nitrogens with zero attached hydrogens (tertiary/aromatic N) is 2. The minimum atomic E-state index is -0.403. The average Bonchev–Trinajstić information content (AvgIpc) is 3.07. The third kappa shape index (κ3) is 4.45. The molecule has 0 spiro atoms. The van der Waals surface area contributed by atoms with Crippen molar-refractivity contribution in [2.24, 2.45) is 0 Å². The van der Waals surface area contributed by atoms with E-state index in [9.17, 15) is 4.79 Å². The van der Waals surface area contributed by atoms with E-state index in [0.29, 0.717) is 21.8 Å². The van der Waals surface area contributed by atoms with Gasteiger partial charge in [0.15, 0.2) is 0 Å². The van der Waals surface area contributed by atoms with Crippen LogP contribution in [0, 0.1) is 13.8 Å². The summed E-state index contributed by atoms with van der Waals surface area (Å²) in [7, 11) is 0. The molecule has 0 unspecified atom stereocenters. The molecule has 2 aromatic carbocycles. The summed E-state index contributed by atoms with van der Waals surface area (Å²) in [5.41, 5.74) is 3.64. The smallest absolute Gasteiger partial charge is 0.277 e. The number of carbonyl (C=O) groups excluding carboxylic acids is 1. The van der Waals surface area contributed by atoms with Crippen LogP contribution in [0.25, 0.3) is 11.5 Å². The number of nitrogens with one attached hydrogen (secondary N) is 1. The van der Waals surface area contributed by atoms with E-state index in [1.54, 1.807) is 19.1 Å². The largest absolute Gasteiger partial charge is 0.411 e. The molecule has 3 aromatic rings. The lowest BCUT2D eigenvalue weighted by Crippen LogP contribution is -2.22. The van der Waals surface area contributed by atoms with Gasteiger partial charge in [-0.25, -0.2) is 0 Å². The Kier molecular flexibility index (Phi) is 5.64. The first kappa shape index (κ1) is 18.5. The molecule has 0 aliphatic carbocycles. The minimum absolute atomic E-state index is 0.157. The average molecular weight is 388 g/mol. The molecular formula is C19H18ClN3O2S. The van der Waals surface area contributed by atoms with Crippen molar-refractivity contribution in [2.45, 2.75) is 31.2 Å².